The van der Waals surface area contributed by atoms with Crippen LogP contribution >= 0.6 is 0 Å². The Balaban J connectivity index is -0.000000216. The number of alkyl halides is 3. The summed E-state index contributed by atoms with van der Waals surface area (Å²) in [6.07, 6.45) is -4.18. The van der Waals surface area contributed by atoms with Gasteiger partial charge < -0.3 is 14.9 Å². The van der Waals surface area contributed by atoms with Crippen LogP contribution in [0.4, 0.5) is 13.2 Å². The number of hydrogen-bond donors (Lipinski definition) is 0. The van der Waals surface area contributed by atoms with E-state index in [1.165, 1.54) is 12.1 Å². The molecule has 0 fully saturated rings. The van der Waals surface area contributed by atoms with Crippen LogP contribution < -0.4 is 0 Å². The van der Waals surface area contributed by atoms with Crippen molar-refractivity contribution in [1.29, 1.82) is 0 Å². The Morgan fingerprint density at radius 1 is 0.824 bits per heavy atom. The minimum absolute atomic E-state index is 0. The molecule has 0 aliphatic heterocycles. The minimum Gasteiger partial charge on any atom is -0.358 e. The summed E-state index contributed by atoms with van der Waals surface area (Å²) in [5, 5.41) is 0. The molecule has 0 nitrogen and oxygen atoms in total. The third kappa shape index (κ3) is 9.11. The van der Waals surface area contributed by atoms with Crippen molar-refractivity contribution in [2.45, 2.75) is 6.18 Å². The molecule has 0 saturated carbocycles. The van der Waals surface area contributed by atoms with Gasteiger partial charge in [0.2, 0.25) is 0 Å². The van der Waals surface area contributed by atoms with Crippen LogP contribution in [0.3, 0.4) is 0 Å². The number of hydrogen-bond acceptors (Lipinski definition) is 0. The molecule has 0 spiro atoms. The van der Waals surface area contributed by atoms with Crippen molar-refractivity contribution in [3.63, 3.8) is 0 Å². The SMILES string of the molecule is FC(F)(F)[c-]1cccc1.[CH3-].[CH3-].[Zr+4].c1cc[cH-]c1. The molecule has 0 atom stereocenters. The minimum atomic E-state index is -4.18. The molecule has 0 N–H and O–H groups in total. The van der Waals surface area contributed by atoms with Gasteiger partial charge in [-0.15, -0.1) is 0 Å². The zero-order chi connectivity index (χ0) is 10.4. The third-order valence-electron chi connectivity index (χ3n) is 1.55. The van der Waals surface area contributed by atoms with E-state index in [1.54, 1.807) is 0 Å². The quantitative estimate of drug-likeness (QED) is 0.616. The fraction of sp³-hybridized carbons (Fsp3) is 0.0769. The first kappa shape index (κ1) is 21.6. The summed E-state index contributed by atoms with van der Waals surface area (Å²) in [5.41, 5.74) is -0.581. The molecule has 0 aliphatic rings. The summed E-state index contributed by atoms with van der Waals surface area (Å²) in [6, 6.07) is 14.8. The van der Waals surface area contributed by atoms with Gasteiger partial charge in [0.1, 0.15) is 0 Å². The Morgan fingerprint density at radius 2 is 1.24 bits per heavy atom. The van der Waals surface area contributed by atoms with Crippen LogP contribution in [0.5, 0.6) is 0 Å². The number of rotatable bonds is 0. The topological polar surface area (TPSA) is 0 Å². The fourth-order valence-electron chi connectivity index (χ4n) is 0.884. The second-order valence-corrected chi connectivity index (χ2v) is 2.63. The van der Waals surface area contributed by atoms with E-state index in [0.717, 1.165) is 12.1 Å². The Labute approximate surface area is 120 Å². The molecule has 0 saturated heterocycles. The van der Waals surface area contributed by atoms with E-state index in [9.17, 15) is 13.2 Å². The van der Waals surface area contributed by atoms with Crippen molar-refractivity contribution in [3.05, 3.63) is 75.0 Å². The maximum atomic E-state index is 11.6. The van der Waals surface area contributed by atoms with Crippen LogP contribution in [0.2, 0.25) is 0 Å². The van der Waals surface area contributed by atoms with Crippen molar-refractivity contribution < 1.29 is 39.4 Å². The van der Waals surface area contributed by atoms with Crippen LogP contribution in [-0.4, -0.2) is 0 Å². The summed E-state index contributed by atoms with van der Waals surface area (Å²) in [4.78, 5) is 0. The molecule has 0 amide bonds. The Morgan fingerprint density at radius 3 is 1.41 bits per heavy atom. The maximum absolute atomic E-state index is 11.6. The van der Waals surface area contributed by atoms with Gasteiger partial charge in [-0.2, -0.15) is 43.5 Å². The summed E-state index contributed by atoms with van der Waals surface area (Å²) >= 11 is 0. The van der Waals surface area contributed by atoms with Crippen LogP contribution in [-0.2, 0) is 32.4 Å². The van der Waals surface area contributed by atoms with Crippen LogP contribution in [0, 0.1) is 14.9 Å². The zero-order valence-corrected chi connectivity index (χ0v) is 12.3. The molecule has 2 rings (SSSR count). The first-order chi connectivity index (χ1) is 6.61. The van der Waals surface area contributed by atoms with Crippen LogP contribution in [0.25, 0.3) is 0 Å². The molecule has 4 heteroatoms. The first-order valence-corrected chi connectivity index (χ1v) is 4.06. The first-order valence-electron chi connectivity index (χ1n) is 4.06. The average Bonchev–Trinajstić information content (AvgIpc) is 2.80. The second kappa shape index (κ2) is 10.5. The van der Waals surface area contributed by atoms with Gasteiger partial charge in [-0.3, -0.25) is 0 Å². The monoisotopic (exact) mass is 318 g/mol. The van der Waals surface area contributed by atoms with Crippen molar-refractivity contribution in [3.8, 4) is 0 Å². The standard InChI is InChI=1S/C6H4F3.C5H5.2CH3.Zr/c7-6(8,9)5-3-1-2-4-5;1-2-4-5-3-1;;;/h1-4H;1-5H;2*1H3;/q4*-1;+4. The summed E-state index contributed by atoms with van der Waals surface area (Å²) in [7, 11) is 0. The normalized spacial score (nSPS) is 8.65. The van der Waals surface area contributed by atoms with Gasteiger partial charge in [0.25, 0.3) is 0 Å². The number of halogens is 3. The van der Waals surface area contributed by atoms with E-state index in [1.807, 2.05) is 30.3 Å². The predicted molar refractivity (Wildman–Crippen MR) is 61.9 cm³/mol. The molecule has 92 valence electrons. The molecule has 0 radical (unpaired) electrons. The molecular weight excluding hydrogens is 304 g/mol. The molecule has 0 aromatic heterocycles. The summed E-state index contributed by atoms with van der Waals surface area (Å²) < 4.78 is 34.9. The van der Waals surface area contributed by atoms with Crippen LogP contribution in [0.15, 0.2) is 54.6 Å². The Kier molecular flexibility index (Phi) is 13.4. The molecular formula is C13H15F3Zr. The molecule has 2 aromatic carbocycles. The van der Waals surface area contributed by atoms with E-state index < -0.39 is 11.7 Å². The molecule has 0 bridgehead atoms. The predicted octanol–water partition coefficient (Wildman–Crippen LogP) is 4.73. The van der Waals surface area contributed by atoms with E-state index >= 15 is 0 Å². The third-order valence-corrected chi connectivity index (χ3v) is 1.55. The van der Waals surface area contributed by atoms with Gasteiger partial charge in [0.05, 0.1) is 0 Å². The molecule has 0 aliphatic carbocycles. The summed E-state index contributed by atoms with van der Waals surface area (Å²) in [6.45, 7) is 0. The Bertz CT molecular complexity index is 303. The van der Waals surface area contributed by atoms with Crippen molar-refractivity contribution in [2.75, 3.05) is 0 Å². The molecule has 2 aromatic rings. The van der Waals surface area contributed by atoms with Gasteiger partial charge >= 0.3 is 32.4 Å². The van der Waals surface area contributed by atoms with Gasteiger partial charge in [-0.05, 0) is 0 Å². The molecule has 17 heavy (non-hydrogen) atoms. The van der Waals surface area contributed by atoms with Crippen molar-refractivity contribution in [2.24, 2.45) is 0 Å². The van der Waals surface area contributed by atoms with Gasteiger partial charge in [-0.1, -0.05) is 5.56 Å². The van der Waals surface area contributed by atoms with Crippen molar-refractivity contribution in [1.82, 2.24) is 0 Å². The van der Waals surface area contributed by atoms with Gasteiger partial charge in [0.15, 0.2) is 0 Å². The van der Waals surface area contributed by atoms with E-state index in [-0.39, 0.29) is 41.1 Å². The average molecular weight is 319 g/mol. The van der Waals surface area contributed by atoms with E-state index in [0.29, 0.717) is 0 Å². The fourth-order valence-corrected chi connectivity index (χ4v) is 0.884. The summed E-state index contributed by atoms with van der Waals surface area (Å²) in [5.74, 6) is 0. The molecule has 0 unspecified atom stereocenters. The van der Waals surface area contributed by atoms with E-state index in [2.05, 4.69) is 0 Å². The second-order valence-electron chi connectivity index (χ2n) is 2.63. The largest absolute Gasteiger partial charge is 4.00 e. The maximum Gasteiger partial charge on any atom is 4.00 e. The molecule has 0 heterocycles. The van der Waals surface area contributed by atoms with Gasteiger partial charge in [0, 0.05) is 0 Å². The van der Waals surface area contributed by atoms with Crippen molar-refractivity contribution >= 4 is 0 Å². The van der Waals surface area contributed by atoms with Gasteiger partial charge in [-0.25, -0.2) is 24.3 Å². The smallest absolute Gasteiger partial charge is 0.358 e. The van der Waals surface area contributed by atoms with Crippen LogP contribution in [0.1, 0.15) is 5.56 Å². The van der Waals surface area contributed by atoms with E-state index in [4.69, 9.17) is 0 Å². The Hall–Kier alpha value is -0.627. The zero-order valence-electron chi connectivity index (χ0n) is 9.83.